The summed E-state index contributed by atoms with van der Waals surface area (Å²) in [4.78, 5) is 10.5. The second-order valence-electron chi connectivity index (χ2n) is 7.28. The second-order valence-corrected chi connectivity index (χ2v) is 8.29. The average Bonchev–Trinajstić information content (AvgIpc) is 3.49. The van der Waals surface area contributed by atoms with Gasteiger partial charge in [-0.2, -0.15) is 4.52 Å². The molecule has 1 fully saturated rings. The van der Waals surface area contributed by atoms with Crippen molar-refractivity contribution in [3.63, 3.8) is 0 Å². The van der Waals surface area contributed by atoms with Gasteiger partial charge in [-0.3, -0.25) is 4.90 Å². The molecule has 156 valence electrons. The minimum absolute atomic E-state index is 0.115. The van der Waals surface area contributed by atoms with E-state index < -0.39 is 0 Å². The van der Waals surface area contributed by atoms with Crippen molar-refractivity contribution in [2.75, 3.05) is 31.1 Å². The van der Waals surface area contributed by atoms with Gasteiger partial charge >= 0.3 is 0 Å². The first kappa shape index (κ1) is 19.1. The van der Waals surface area contributed by atoms with Crippen LogP contribution in [0.2, 0.25) is 0 Å². The lowest BCUT2D eigenvalue weighted by atomic mass is 10.1. The molecule has 9 heteroatoms. The van der Waals surface area contributed by atoms with E-state index in [1.54, 1.807) is 6.26 Å². The van der Waals surface area contributed by atoms with Gasteiger partial charge in [0.15, 0.2) is 5.82 Å². The molecule has 1 aliphatic heterocycles. The molecule has 3 aromatic heterocycles. The van der Waals surface area contributed by atoms with E-state index in [4.69, 9.17) is 4.42 Å². The van der Waals surface area contributed by atoms with Crippen LogP contribution in [0.3, 0.4) is 0 Å². The molecule has 7 nitrogen and oxygen atoms in total. The zero-order valence-electron chi connectivity index (χ0n) is 16.5. The number of hydrogen-bond donors (Lipinski definition) is 1. The standard InChI is InChI=1S/C21H22FN5O2S/c1-2-17-23-21-27(24-17)20(28)19(30-21)18(16-4-3-13-29-16)26-11-9-25(10-12-26)15-7-5-14(22)6-8-15/h3-8,13,18,28H,2,9-12H2,1H3. The Morgan fingerprint density at radius 2 is 1.93 bits per heavy atom. The number of benzene rings is 1. The summed E-state index contributed by atoms with van der Waals surface area (Å²) in [5.41, 5.74) is 1.01. The van der Waals surface area contributed by atoms with Crippen molar-refractivity contribution in [3.05, 3.63) is 64.9 Å². The minimum atomic E-state index is -0.228. The fraction of sp³-hybridized carbons (Fsp3) is 0.333. The van der Waals surface area contributed by atoms with Gasteiger partial charge in [0.05, 0.1) is 11.1 Å². The van der Waals surface area contributed by atoms with E-state index in [9.17, 15) is 9.50 Å². The topological polar surface area (TPSA) is 70.0 Å². The van der Waals surface area contributed by atoms with Gasteiger partial charge < -0.3 is 14.4 Å². The Kier molecular flexibility index (Phi) is 4.92. The van der Waals surface area contributed by atoms with Gasteiger partial charge in [-0.15, -0.1) is 5.10 Å². The molecule has 0 radical (unpaired) electrons. The van der Waals surface area contributed by atoms with Crippen LogP contribution in [-0.4, -0.2) is 50.8 Å². The van der Waals surface area contributed by atoms with Crippen LogP contribution >= 0.6 is 11.3 Å². The third kappa shape index (κ3) is 3.33. The van der Waals surface area contributed by atoms with Crippen LogP contribution in [0.25, 0.3) is 4.96 Å². The molecular formula is C21H22FN5O2S. The number of rotatable bonds is 5. The molecule has 1 aliphatic rings. The first-order valence-corrected chi connectivity index (χ1v) is 10.8. The van der Waals surface area contributed by atoms with Gasteiger partial charge in [0, 0.05) is 38.3 Å². The van der Waals surface area contributed by atoms with Crippen molar-refractivity contribution in [1.29, 1.82) is 0 Å². The van der Waals surface area contributed by atoms with Gasteiger partial charge in [0.1, 0.15) is 17.6 Å². The Morgan fingerprint density at radius 3 is 2.57 bits per heavy atom. The van der Waals surface area contributed by atoms with Crippen molar-refractivity contribution in [1.82, 2.24) is 19.5 Å². The molecule has 5 rings (SSSR count). The number of fused-ring (bicyclic) bond motifs is 1. The lowest BCUT2D eigenvalue weighted by molar-refractivity contribution is 0.191. The smallest absolute Gasteiger partial charge is 0.230 e. The molecule has 1 atom stereocenters. The molecule has 0 saturated carbocycles. The predicted octanol–water partition coefficient (Wildman–Crippen LogP) is 3.70. The number of furan rings is 1. The predicted molar refractivity (Wildman–Crippen MR) is 113 cm³/mol. The summed E-state index contributed by atoms with van der Waals surface area (Å²) >= 11 is 1.44. The normalized spacial score (nSPS) is 16.4. The molecule has 0 amide bonds. The van der Waals surface area contributed by atoms with E-state index >= 15 is 0 Å². The van der Waals surface area contributed by atoms with Gasteiger partial charge in [-0.1, -0.05) is 18.3 Å². The third-order valence-electron chi connectivity index (χ3n) is 5.49. The molecule has 1 N–H and O–H groups in total. The number of aryl methyl sites for hydroxylation is 1. The van der Waals surface area contributed by atoms with Crippen LogP contribution in [0.5, 0.6) is 5.88 Å². The third-order valence-corrected chi connectivity index (χ3v) is 6.56. The van der Waals surface area contributed by atoms with E-state index in [1.807, 2.05) is 31.2 Å². The molecule has 0 aliphatic carbocycles. The van der Waals surface area contributed by atoms with E-state index in [2.05, 4.69) is 19.9 Å². The van der Waals surface area contributed by atoms with E-state index in [0.717, 1.165) is 48.9 Å². The number of aromatic hydroxyl groups is 1. The maximum Gasteiger partial charge on any atom is 0.230 e. The largest absolute Gasteiger partial charge is 0.492 e. The number of aromatic nitrogens is 3. The Balaban J connectivity index is 1.43. The quantitative estimate of drug-likeness (QED) is 0.524. The minimum Gasteiger partial charge on any atom is -0.492 e. The molecule has 1 aromatic carbocycles. The number of piperazine rings is 1. The highest BCUT2D eigenvalue weighted by atomic mass is 32.1. The van der Waals surface area contributed by atoms with Crippen LogP contribution in [0.15, 0.2) is 47.1 Å². The summed E-state index contributed by atoms with van der Waals surface area (Å²) in [6.45, 7) is 5.13. The summed E-state index contributed by atoms with van der Waals surface area (Å²) in [5, 5.41) is 15.3. The van der Waals surface area contributed by atoms with Gasteiger partial charge in [0.25, 0.3) is 0 Å². The lowest BCUT2D eigenvalue weighted by Crippen LogP contribution is -2.47. The van der Waals surface area contributed by atoms with Crippen LogP contribution in [0.1, 0.15) is 29.4 Å². The SMILES string of the molecule is CCc1nc2sc(C(c3ccco3)N3CCN(c4ccc(F)cc4)CC3)c(O)n2n1. The van der Waals surface area contributed by atoms with Crippen molar-refractivity contribution < 1.29 is 13.9 Å². The Labute approximate surface area is 177 Å². The molecule has 4 aromatic rings. The second kappa shape index (κ2) is 7.73. The number of halogens is 1. The van der Waals surface area contributed by atoms with E-state index in [0.29, 0.717) is 10.8 Å². The zero-order chi connectivity index (χ0) is 20.7. The first-order valence-electron chi connectivity index (χ1n) is 9.99. The molecule has 30 heavy (non-hydrogen) atoms. The average molecular weight is 428 g/mol. The van der Waals surface area contributed by atoms with Crippen molar-refractivity contribution >= 4 is 22.0 Å². The summed E-state index contributed by atoms with van der Waals surface area (Å²) in [6, 6.07) is 10.2. The maximum atomic E-state index is 13.2. The number of hydrogen-bond acceptors (Lipinski definition) is 7. The number of anilines is 1. The molecular weight excluding hydrogens is 405 g/mol. The summed E-state index contributed by atoms with van der Waals surface area (Å²) in [6.07, 6.45) is 2.37. The fourth-order valence-corrected chi connectivity index (χ4v) is 5.05. The van der Waals surface area contributed by atoms with Crippen molar-refractivity contribution in [3.8, 4) is 5.88 Å². The van der Waals surface area contributed by atoms with E-state index in [1.165, 1.54) is 28.0 Å². The van der Waals surface area contributed by atoms with Crippen molar-refractivity contribution in [2.45, 2.75) is 19.4 Å². The van der Waals surface area contributed by atoms with Crippen LogP contribution in [0, 0.1) is 5.82 Å². The Morgan fingerprint density at radius 1 is 1.17 bits per heavy atom. The highest BCUT2D eigenvalue weighted by molar-refractivity contribution is 7.17. The number of nitrogens with zero attached hydrogens (tertiary/aromatic N) is 5. The zero-order valence-corrected chi connectivity index (χ0v) is 17.3. The molecule has 0 spiro atoms. The van der Waals surface area contributed by atoms with Gasteiger partial charge in [-0.05, 0) is 36.4 Å². The van der Waals surface area contributed by atoms with Gasteiger partial charge in [0.2, 0.25) is 10.8 Å². The van der Waals surface area contributed by atoms with Gasteiger partial charge in [-0.25, -0.2) is 9.37 Å². The van der Waals surface area contributed by atoms with E-state index in [-0.39, 0.29) is 17.7 Å². The highest BCUT2D eigenvalue weighted by Crippen LogP contribution is 2.40. The van der Waals surface area contributed by atoms with Crippen LogP contribution in [0.4, 0.5) is 10.1 Å². The highest BCUT2D eigenvalue weighted by Gasteiger charge is 2.33. The lowest BCUT2D eigenvalue weighted by Gasteiger charge is -2.39. The fourth-order valence-electron chi connectivity index (χ4n) is 3.93. The Hall–Kier alpha value is -2.91. The molecule has 0 bridgehead atoms. The summed E-state index contributed by atoms with van der Waals surface area (Å²) in [7, 11) is 0. The Bertz CT molecular complexity index is 1130. The van der Waals surface area contributed by atoms with Crippen LogP contribution in [-0.2, 0) is 6.42 Å². The summed E-state index contributed by atoms with van der Waals surface area (Å²) < 4.78 is 20.5. The molecule has 4 heterocycles. The molecule has 1 unspecified atom stereocenters. The van der Waals surface area contributed by atoms with Crippen molar-refractivity contribution in [2.24, 2.45) is 0 Å². The monoisotopic (exact) mass is 427 g/mol. The first-order chi connectivity index (χ1) is 14.6. The van der Waals surface area contributed by atoms with Crippen LogP contribution < -0.4 is 4.90 Å². The number of thiazole rings is 1. The summed E-state index contributed by atoms with van der Waals surface area (Å²) in [5.74, 6) is 1.38. The molecule has 1 saturated heterocycles. The maximum absolute atomic E-state index is 13.2.